The summed E-state index contributed by atoms with van der Waals surface area (Å²) in [6.07, 6.45) is -5.55. The van der Waals surface area contributed by atoms with E-state index in [0.717, 1.165) is 12.1 Å². The third-order valence-corrected chi connectivity index (χ3v) is 4.52. The van der Waals surface area contributed by atoms with Gasteiger partial charge in [0.25, 0.3) is 0 Å². The molecular weight excluding hydrogens is 437 g/mol. The number of ether oxygens (including phenoxy) is 1. The van der Waals surface area contributed by atoms with E-state index in [-0.39, 0.29) is 31.2 Å². The van der Waals surface area contributed by atoms with Crippen molar-refractivity contribution in [1.82, 2.24) is 4.90 Å². The van der Waals surface area contributed by atoms with Crippen LogP contribution in [0.3, 0.4) is 0 Å². The van der Waals surface area contributed by atoms with Crippen LogP contribution in [0.25, 0.3) is 0 Å². The first-order chi connectivity index (χ1) is 14.5. The number of anilines is 1. The van der Waals surface area contributed by atoms with Gasteiger partial charge in [-0.2, -0.15) is 13.2 Å². The van der Waals surface area contributed by atoms with E-state index in [4.69, 9.17) is 16.3 Å². The second kappa shape index (κ2) is 10.6. The fourth-order valence-corrected chi connectivity index (χ4v) is 2.95. The maximum atomic E-state index is 12.9. The summed E-state index contributed by atoms with van der Waals surface area (Å²) in [5.41, 5.74) is -0.529. The Kier molecular flexibility index (Phi) is 8.43. The van der Waals surface area contributed by atoms with E-state index in [9.17, 15) is 27.9 Å². The van der Waals surface area contributed by atoms with E-state index in [1.54, 1.807) is 31.3 Å². The fraction of sp³-hybridized carbons (Fsp3) is 0.333. The maximum Gasteiger partial charge on any atom is 0.417 e. The quantitative estimate of drug-likeness (QED) is 0.558. The number of rotatable bonds is 9. The number of hydrogen-bond acceptors (Lipinski definition) is 5. The summed E-state index contributed by atoms with van der Waals surface area (Å²) < 4.78 is 44.2. The molecule has 2 aromatic carbocycles. The molecule has 0 fully saturated rings. The standard InChI is InChI=1S/C21H22ClF3N2O4/c1-13(28)14-3-6-17(7-4-14)31-12-16(29)10-27(2)11-20(30)26-15-5-8-19(22)18(9-15)21(23,24)25/h3-9,16,29H,10-12H2,1-2H3,(H,26,30). The molecule has 0 spiro atoms. The average Bonchev–Trinajstić information content (AvgIpc) is 2.67. The van der Waals surface area contributed by atoms with E-state index < -0.39 is 28.8 Å². The number of benzene rings is 2. The lowest BCUT2D eigenvalue weighted by Crippen LogP contribution is -2.37. The van der Waals surface area contributed by atoms with E-state index >= 15 is 0 Å². The number of halogens is 4. The van der Waals surface area contributed by atoms with E-state index in [1.165, 1.54) is 17.9 Å². The molecule has 0 radical (unpaired) electrons. The zero-order valence-corrected chi connectivity index (χ0v) is 17.6. The van der Waals surface area contributed by atoms with Gasteiger partial charge in [-0.1, -0.05) is 11.6 Å². The lowest BCUT2D eigenvalue weighted by atomic mass is 10.1. The van der Waals surface area contributed by atoms with Crippen LogP contribution in [0.2, 0.25) is 5.02 Å². The zero-order chi connectivity index (χ0) is 23.2. The molecule has 10 heteroatoms. The molecule has 1 unspecified atom stereocenters. The molecule has 2 rings (SSSR count). The van der Waals surface area contributed by atoms with Crippen molar-refractivity contribution >= 4 is 29.0 Å². The highest BCUT2D eigenvalue weighted by Gasteiger charge is 2.33. The van der Waals surface area contributed by atoms with Crippen molar-refractivity contribution in [2.24, 2.45) is 0 Å². The largest absolute Gasteiger partial charge is 0.491 e. The molecule has 0 bridgehead atoms. The van der Waals surface area contributed by atoms with Crippen molar-refractivity contribution in [3.8, 4) is 5.75 Å². The summed E-state index contributed by atoms with van der Waals surface area (Å²) >= 11 is 5.56. The Bertz CT molecular complexity index is 920. The number of ketones is 1. The minimum absolute atomic E-state index is 0.0342. The first kappa shape index (κ1) is 24.6. The number of nitrogens with one attached hydrogen (secondary N) is 1. The van der Waals surface area contributed by atoms with Crippen molar-refractivity contribution in [1.29, 1.82) is 0 Å². The van der Waals surface area contributed by atoms with Crippen LogP contribution in [0, 0.1) is 0 Å². The Morgan fingerprint density at radius 1 is 1.19 bits per heavy atom. The highest BCUT2D eigenvalue weighted by atomic mass is 35.5. The summed E-state index contributed by atoms with van der Waals surface area (Å²) in [7, 11) is 1.58. The van der Waals surface area contributed by atoms with Gasteiger partial charge in [-0.05, 0) is 56.4 Å². The predicted octanol–water partition coefficient (Wildman–Crippen LogP) is 3.87. The second-order valence-electron chi connectivity index (χ2n) is 6.98. The highest BCUT2D eigenvalue weighted by Crippen LogP contribution is 2.36. The monoisotopic (exact) mass is 458 g/mol. The number of aliphatic hydroxyl groups excluding tert-OH is 1. The van der Waals surface area contributed by atoms with Crippen LogP contribution >= 0.6 is 11.6 Å². The number of likely N-dealkylation sites (N-methyl/N-ethyl adjacent to an activating group) is 1. The minimum Gasteiger partial charge on any atom is -0.491 e. The zero-order valence-electron chi connectivity index (χ0n) is 16.9. The lowest BCUT2D eigenvalue weighted by molar-refractivity contribution is -0.137. The Balaban J connectivity index is 1.81. The van der Waals surface area contributed by atoms with Crippen molar-refractivity contribution in [2.45, 2.75) is 19.2 Å². The number of nitrogens with zero attached hydrogens (tertiary/aromatic N) is 1. The van der Waals surface area contributed by atoms with Crippen LogP contribution < -0.4 is 10.1 Å². The van der Waals surface area contributed by atoms with Crippen LogP contribution in [0.1, 0.15) is 22.8 Å². The summed E-state index contributed by atoms with van der Waals surface area (Å²) in [5, 5.41) is 12.0. The Morgan fingerprint density at radius 3 is 2.42 bits per heavy atom. The molecule has 0 aromatic heterocycles. The van der Waals surface area contributed by atoms with Gasteiger partial charge < -0.3 is 15.2 Å². The van der Waals surface area contributed by atoms with Crippen LogP contribution in [0.15, 0.2) is 42.5 Å². The molecule has 31 heavy (non-hydrogen) atoms. The first-order valence-electron chi connectivity index (χ1n) is 9.22. The SMILES string of the molecule is CC(=O)c1ccc(OCC(O)CN(C)CC(=O)Nc2ccc(Cl)c(C(F)(F)F)c2)cc1. The van der Waals surface area contributed by atoms with Crippen molar-refractivity contribution < 1.29 is 32.6 Å². The number of hydrogen-bond donors (Lipinski definition) is 2. The Labute approximate surface area is 182 Å². The molecule has 2 N–H and O–H groups in total. The number of alkyl halides is 3. The van der Waals surface area contributed by atoms with Crippen molar-refractivity contribution in [3.05, 3.63) is 58.6 Å². The van der Waals surface area contributed by atoms with Crippen LogP contribution in [0.4, 0.5) is 18.9 Å². The van der Waals surface area contributed by atoms with Gasteiger partial charge in [0.05, 0.1) is 17.1 Å². The molecular formula is C21H22ClF3N2O4. The highest BCUT2D eigenvalue weighted by molar-refractivity contribution is 6.31. The van der Waals surface area contributed by atoms with Crippen LogP contribution in [-0.2, 0) is 11.0 Å². The van der Waals surface area contributed by atoms with Crippen LogP contribution in [0.5, 0.6) is 5.75 Å². The fourth-order valence-electron chi connectivity index (χ4n) is 2.72. The summed E-state index contributed by atoms with van der Waals surface area (Å²) in [6, 6.07) is 9.55. The van der Waals surface area contributed by atoms with Crippen molar-refractivity contribution in [3.63, 3.8) is 0 Å². The summed E-state index contributed by atoms with van der Waals surface area (Å²) in [5.74, 6) is -0.141. The van der Waals surface area contributed by atoms with Gasteiger partial charge in [0, 0.05) is 17.8 Å². The number of carbonyl (C=O) groups is 2. The van der Waals surface area contributed by atoms with Gasteiger partial charge in [-0.15, -0.1) is 0 Å². The van der Waals surface area contributed by atoms with E-state index in [2.05, 4.69) is 5.32 Å². The third-order valence-electron chi connectivity index (χ3n) is 4.19. The second-order valence-corrected chi connectivity index (χ2v) is 7.39. The number of aliphatic hydroxyl groups is 1. The van der Waals surface area contributed by atoms with Gasteiger partial charge in [-0.3, -0.25) is 14.5 Å². The smallest absolute Gasteiger partial charge is 0.417 e. The number of carbonyl (C=O) groups excluding carboxylic acids is 2. The lowest BCUT2D eigenvalue weighted by Gasteiger charge is -2.20. The number of Topliss-reactive ketones (excluding diaryl/α,β-unsaturated/α-hetero) is 1. The molecule has 6 nitrogen and oxygen atoms in total. The topological polar surface area (TPSA) is 78.9 Å². The van der Waals surface area contributed by atoms with Gasteiger partial charge in [0.2, 0.25) is 5.91 Å². The predicted molar refractivity (Wildman–Crippen MR) is 111 cm³/mol. The van der Waals surface area contributed by atoms with Gasteiger partial charge in [-0.25, -0.2) is 0 Å². The molecule has 0 aliphatic rings. The summed E-state index contributed by atoms with van der Waals surface area (Å²) in [4.78, 5) is 24.9. The van der Waals surface area contributed by atoms with Crippen LogP contribution in [-0.4, -0.2) is 54.5 Å². The molecule has 2 aromatic rings. The normalized spacial score (nSPS) is 12.5. The Hall–Kier alpha value is -2.62. The molecule has 1 atom stereocenters. The van der Waals surface area contributed by atoms with Crippen molar-refractivity contribution in [2.75, 3.05) is 32.1 Å². The maximum absolute atomic E-state index is 12.9. The van der Waals surface area contributed by atoms with Gasteiger partial charge >= 0.3 is 6.18 Å². The molecule has 0 saturated carbocycles. The first-order valence-corrected chi connectivity index (χ1v) is 9.60. The number of amides is 1. The summed E-state index contributed by atoms with van der Waals surface area (Å²) in [6.45, 7) is 1.34. The molecule has 0 saturated heterocycles. The molecule has 0 aliphatic heterocycles. The van der Waals surface area contributed by atoms with Gasteiger partial charge in [0.15, 0.2) is 5.78 Å². The molecule has 0 aliphatic carbocycles. The third kappa shape index (κ3) is 7.86. The van der Waals surface area contributed by atoms with Gasteiger partial charge in [0.1, 0.15) is 18.5 Å². The minimum atomic E-state index is -4.63. The van der Waals surface area contributed by atoms with E-state index in [1.807, 2.05) is 0 Å². The molecule has 0 heterocycles. The Morgan fingerprint density at radius 2 is 1.84 bits per heavy atom. The van der Waals surface area contributed by atoms with E-state index in [0.29, 0.717) is 11.3 Å². The molecule has 1 amide bonds. The average molecular weight is 459 g/mol. The molecule has 168 valence electrons.